The van der Waals surface area contributed by atoms with Crippen molar-refractivity contribution in [2.75, 3.05) is 13.1 Å². The Balaban J connectivity index is 1.73. The molecule has 7 heteroatoms. The van der Waals surface area contributed by atoms with Gasteiger partial charge in [-0.05, 0) is 46.1 Å². The van der Waals surface area contributed by atoms with Crippen molar-refractivity contribution in [2.45, 2.75) is 12.5 Å². The molecule has 0 spiro atoms. The lowest BCUT2D eigenvalue weighted by Gasteiger charge is -2.12. The number of nitrogens with two attached hydrogens (primary N) is 1. The van der Waals surface area contributed by atoms with Crippen LogP contribution in [0.15, 0.2) is 41.1 Å². The maximum absolute atomic E-state index is 14.2. The quantitative estimate of drug-likeness (QED) is 0.833. The number of hydrogen-bond donors (Lipinski definition) is 1. The van der Waals surface area contributed by atoms with E-state index in [1.807, 2.05) is 0 Å². The van der Waals surface area contributed by atoms with Gasteiger partial charge in [-0.1, -0.05) is 6.07 Å². The fourth-order valence-corrected chi connectivity index (χ4v) is 2.79. The summed E-state index contributed by atoms with van der Waals surface area (Å²) < 4.78 is 16.4. The lowest BCUT2D eigenvalue weighted by atomic mass is 10.2. The van der Waals surface area contributed by atoms with Crippen LogP contribution in [0.4, 0.5) is 4.39 Å². The summed E-state index contributed by atoms with van der Waals surface area (Å²) in [6, 6.07) is 4.81. The standard InChI is InChI=1S/C16H16BrFN4O/c17-12-8-20-22(9-12)15-3-1-11(7-14(15)18)2-4-16(23)21-6-5-13(19)10-21/h1-4,7-9,13H,5-6,10,19H2/b4-2+/t13-/m1/s1. The molecule has 2 N–H and O–H groups in total. The molecule has 1 saturated heterocycles. The van der Waals surface area contributed by atoms with Crippen LogP contribution in [0.1, 0.15) is 12.0 Å². The smallest absolute Gasteiger partial charge is 0.246 e. The van der Waals surface area contributed by atoms with Crippen LogP contribution in [0.2, 0.25) is 0 Å². The molecule has 1 aromatic heterocycles. The summed E-state index contributed by atoms with van der Waals surface area (Å²) in [6.45, 7) is 1.25. The largest absolute Gasteiger partial charge is 0.338 e. The van der Waals surface area contributed by atoms with Crippen molar-refractivity contribution >= 4 is 27.9 Å². The minimum absolute atomic E-state index is 0.0532. The SMILES string of the molecule is N[C@@H]1CCN(C(=O)/C=C/c2ccc(-n3cc(Br)cn3)c(F)c2)C1. The molecule has 5 nitrogen and oxygen atoms in total. The fourth-order valence-electron chi connectivity index (χ4n) is 2.51. The van der Waals surface area contributed by atoms with Gasteiger partial charge in [0.1, 0.15) is 11.5 Å². The molecule has 1 aromatic carbocycles. The highest BCUT2D eigenvalue weighted by atomic mass is 79.9. The Morgan fingerprint density at radius 2 is 2.30 bits per heavy atom. The molecule has 3 rings (SSSR count). The second-order valence-corrected chi connectivity index (χ2v) is 6.40. The number of carbonyl (C=O) groups excluding carboxylic acids is 1. The van der Waals surface area contributed by atoms with Crippen molar-refractivity contribution in [1.82, 2.24) is 14.7 Å². The van der Waals surface area contributed by atoms with E-state index in [1.54, 1.807) is 35.5 Å². The van der Waals surface area contributed by atoms with Crippen molar-refractivity contribution in [3.8, 4) is 5.69 Å². The number of benzene rings is 1. The maximum atomic E-state index is 14.2. The molecule has 1 atom stereocenters. The monoisotopic (exact) mass is 378 g/mol. The Kier molecular flexibility index (Phi) is 4.58. The number of likely N-dealkylation sites (tertiary alicyclic amines) is 1. The first-order valence-electron chi connectivity index (χ1n) is 7.25. The maximum Gasteiger partial charge on any atom is 0.246 e. The van der Waals surface area contributed by atoms with Gasteiger partial charge in [-0.3, -0.25) is 4.79 Å². The average molecular weight is 379 g/mol. The first kappa shape index (κ1) is 15.9. The topological polar surface area (TPSA) is 64.2 Å². The highest BCUT2D eigenvalue weighted by Crippen LogP contribution is 2.18. The molecule has 0 radical (unpaired) electrons. The summed E-state index contributed by atoms with van der Waals surface area (Å²) in [6.07, 6.45) is 7.15. The van der Waals surface area contributed by atoms with E-state index in [9.17, 15) is 9.18 Å². The fraction of sp³-hybridized carbons (Fsp3) is 0.250. The van der Waals surface area contributed by atoms with Gasteiger partial charge in [0.05, 0.1) is 10.7 Å². The number of carbonyl (C=O) groups is 1. The van der Waals surface area contributed by atoms with Gasteiger partial charge in [0, 0.05) is 31.4 Å². The van der Waals surface area contributed by atoms with Crippen LogP contribution < -0.4 is 5.73 Å². The third kappa shape index (κ3) is 3.68. The van der Waals surface area contributed by atoms with Gasteiger partial charge in [0.15, 0.2) is 0 Å². The van der Waals surface area contributed by atoms with Gasteiger partial charge < -0.3 is 10.6 Å². The summed E-state index contributed by atoms with van der Waals surface area (Å²) >= 11 is 3.28. The van der Waals surface area contributed by atoms with E-state index in [0.717, 1.165) is 10.9 Å². The van der Waals surface area contributed by atoms with Crippen molar-refractivity contribution in [1.29, 1.82) is 0 Å². The van der Waals surface area contributed by atoms with Crippen LogP contribution in [0.3, 0.4) is 0 Å². The average Bonchev–Trinajstić information content (AvgIpc) is 3.13. The summed E-state index contributed by atoms with van der Waals surface area (Å²) in [4.78, 5) is 13.7. The van der Waals surface area contributed by atoms with Crippen molar-refractivity contribution in [3.63, 3.8) is 0 Å². The number of halogens is 2. The van der Waals surface area contributed by atoms with E-state index in [4.69, 9.17) is 5.73 Å². The predicted molar refractivity (Wildman–Crippen MR) is 89.4 cm³/mol. The molecule has 0 saturated carbocycles. The minimum Gasteiger partial charge on any atom is -0.338 e. The van der Waals surface area contributed by atoms with E-state index < -0.39 is 5.82 Å². The zero-order valence-electron chi connectivity index (χ0n) is 12.3. The highest BCUT2D eigenvalue weighted by molar-refractivity contribution is 9.10. The van der Waals surface area contributed by atoms with Gasteiger partial charge in [-0.2, -0.15) is 5.10 Å². The normalized spacial score (nSPS) is 18.0. The van der Waals surface area contributed by atoms with E-state index in [1.165, 1.54) is 16.8 Å². The predicted octanol–water partition coefficient (Wildman–Crippen LogP) is 2.35. The van der Waals surface area contributed by atoms with Crippen LogP contribution in [0.5, 0.6) is 0 Å². The van der Waals surface area contributed by atoms with Crippen molar-refractivity contribution in [2.24, 2.45) is 5.73 Å². The zero-order valence-corrected chi connectivity index (χ0v) is 13.9. The lowest BCUT2D eigenvalue weighted by Crippen LogP contribution is -2.30. The molecule has 1 aliphatic heterocycles. The van der Waals surface area contributed by atoms with E-state index in [0.29, 0.717) is 24.3 Å². The zero-order chi connectivity index (χ0) is 16.4. The van der Waals surface area contributed by atoms with Gasteiger partial charge >= 0.3 is 0 Å². The number of rotatable bonds is 3. The Morgan fingerprint density at radius 3 is 2.91 bits per heavy atom. The van der Waals surface area contributed by atoms with Gasteiger partial charge in [0.2, 0.25) is 5.91 Å². The van der Waals surface area contributed by atoms with Gasteiger partial charge in [-0.15, -0.1) is 0 Å². The Morgan fingerprint density at radius 1 is 1.48 bits per heavy atom. The molecule has 0 bridgehead atoms. The van der Waals surface area contributed by atoms with E-state index in [2.05, 4.69) is 21.0 Å². The first-order chi connectivity index (χ1) is 11.0. The van der Waals surface area contributed by atoms with Gasteiger partial charge in [-0.25, -0.2) is 9.07 Å². The van der Waals surface area contributed by atoms with Crippen molar-refractivity contribution < 1.29 is 9.18 Å². The Hall–Kier alpha value is -1.99. The molecule has 1 aliphatic rings. The molecular weight excluding hydrogens is 363 g/mol. The number of aromatic nitrogens is 2. The summed E-state index contributed by atoms with van der Waals surface area (Å²) in [7, 11) is 0. The van der Waals surface area contributed by atoms with Crippen molar-refractivity contribution in [3.05, 3.63) is 52.5 Å². The third-order valence-electron chi connectivity index (χ3n) is 3.72. The molecule has 1 fully saturated rings. The summed E-state index contributed by atoms with van der Waals surface area (Å²) in [5.74, 6) is -0.503. The molecule has 0 aliphatic carbocycles. The van der Waals surface area contributed by atoms with Crippen LogP contribution in [-0.4, -0.2) is 39.7 Å². The van der Waals surface area contributed by atoms with Crippen LogP contribution in [0.25, 0.3) is 11.8 Å². The van der Waals surface area contributed by atoms with Crippen LogP contribution >= 0.6 is 15.9 Å². The van der Waals surface area contributed by atoms with Gasteiger partial charge in [0.25, 0.3) is 0 Å². The number of amides is 1. The molecular formula is C16H16BrFN4O. The Bertz CT molecular complexity index is 758. The molecule has 1 amide bonds. The second kappa shape index (κ2) is 6.64. The molecule has 120 valence electrons. The molecule has 0 unspecified atom stereocenters. The molecule has 2 aromatic rings. The minimum atomic E-state index is -0.404. The van der Waals surface area contributed by atoms with Crippen LogP contribution in [0, 0.1) is 5.82 Å². The lowest BCUT2D eigenvalue weighted by molar-refractivity contribution is -0.124. The third-order valence-corrected chi connectivity index (χ3v) is 4.13. The van der Waals surface area contributed by atoms with E-state index >= 15 is 0 Å². The van der Waals surface area contributed by atoms with Crippen LogP contribution in [-0.2, 0) is 4.79 Å². The number of nitrogens with zero attached hydrogens (tertiary/aromatic N) is 3. The highest BCUT2D eigenvalue weighted by Gasteiger charge is 2.21. The first-order valence-corrected chi connectivity index (χ1v) is 8.05. The summed E-state index contributed by atoms with van der Waals surface area (Å²) in [5, 5.41) is 4.05. The number of hydrogen-bond acceptors (Lipinski definition) is 3. The Labute approximate surface area is 141 Å². The van der Waals surface area contributed by atoms with E-state index in [-0.39, 0.29) is 11.9 Å². The summed E-state index contributed by atoms with van der Waals surface area (Å²) in [5.41, 5.74) is 6.76. The molecule has 23 heavy (non-hydrogen) atoms. The second-order valence-electron chi connectivity index (χ2n) is 5.48. The molecule has 2 heterocycles.